The van der Waals surface area contributed by atoms with Gasteiger partial charge < -0.3 is 20.0 Å². The highest BCUT2D eigenvalue weighted by atomic mass is 16.6. The fraction of sp³-hybridized carbons (Fsp3) is 0.333. The molecule has 1 saturated heterocycles. The van der Waals surface area contributed by atoms with E-state index < -0.39 is 0 Å². The van der Waals surface area contributed by atoms with Crippen LogP contribution in [0.1, 0.15) is 20.3 Å². The number of oxime groups is 1. The molecule has 27 heavy (non-hydrogen) atoms. The SMILES string of the molecule is CCON=C1CN[C@H](C(=O)Nc2ccc3c(c2)c2ccccc2n3CC)C1. The second-order valence-corrected chi connectivity index (χ2v) is 6.70. The summed E-state index contributed by atoms with van der Waals surface area (Å²) in [5, 5.41) is 12.6. The van der Waals surface area contributed by atoms with Gasteiger partial charge >= 0.3 is 0 Å². The standard InChI is InChI=1S/C21H24N4O2/c1-3-25-19-8-6-5-7-16(19)17-11-14(9-10-20(17)25)23-21(26)18-12-15(13-22-18)24-27-4-2/h5-11,18,22H,3-4,12-13H2,1-2H3,(H,23,26)/t18-/m0/s1. The molecule has 1 aromatic heterocycles. The topological polar surface area (TPSA) is 67.7 Å². The van der Waals surface area contributed by atoms with Gasteiger partial charge in [-0.3, -0.25) is 4.79 Å². The molecule has 1 amide bonds. The van der Waals surface area contributed by atoms with E-state index in [1.54, 1.807) is 0 Å². The van der Waals surface area contributed by atoms with Crippen molar-refractivity contribution in [3.8, 4) is 0 Å². The number of aromatic nitrogens is 1. The third kappa shape index (κ3) is 3.28. The number of para-hydroxylation sites is 1. The highest BCUT2D eigenvalue weighted by Gasteiger charge is 2.27. The van der Waals surface area contributed by atoms with E-state index in [9.17, 15) is 4.79 Å². The van der Waals surface area contributed by atoms with E-state index in [-0.39, 0.29) is 11.9 Å². The largest absolute Gasteiger partial charge is 0.396 e. The average Bonchev–Trinajstić information content (AvgIpc) is 3.29. The number of aryl methyl sites for hydroxylation is 1. The lowest BCUT2D eigenvalue weighted by molar-refractivity contribution is -0.117. The molecule has 1 aliphatic rings. The van der Waals surface area contributed by atoms with Crippen LogP contribution in [0.15, 0.2) is 47.6 Å². The van der Waals surface area contributed by atoms with Crippen LogP contribution in [0, 0.1) is 0 Å². The number of fused-ring (bicyclic) bond motifs is 3. The molecule has 1 aliphatic heterocycles. The van der Waals surface area contributed by atoms with Crippen LogP contribution < -0.4 is 10.6 Å². The molecule has 6 nitrogen and oxygen atoms in total. The maximum atomic E-state index is 12.6. The molecule has 0 radical (unpaired) electrons. The first-order valence-corrected chi connectivity index (χ1v) is 9.44. The molecule has 1 atom stereocenters. The Bertz CT molecular complexity index is 1020. The Labute approximate surface area is 158 Å². The van der Waals surface area contributed by atoms with Crippen molar-refractivity contribution in [2.45, 2.75) is 32.9 Å². The number of hydrogen-bond acceptors (Lipinski definition) is 4. The summed E-state index contributed by atoms with van der Waals surface area (Å²) in [5.41, 5.74) is 4.08. The Hall–Kier alpha value is -2.86. The number of carbonyl (C=O) groups is 1. The molecular formula is C21H24N4O2. The van der Waals surface area contributed by atoms with E-state index in [4.69, 9.17) is 4.84 Å². The third-order valence-corrected chi connectivity index (χ3v) is 4.99. The van der Waals surface area contributed by atoms with E-state index >= 15 is 0 Å². The summed E-state index contributed by atoms with van der Waals surface area (Å²) in [4.78, 5) is 17.7. The van der Waals surface area contributed by atoms with E-state index in [0.29, 0.717) is 19.6 Å². The molecule has 4 rings (SSSR count). The minimum atomic E-state index is -0.281. The number of carbonyl (C=O) groups excluding carboxylic acids is 1. The van der Waals surface area contributed by atoms with Gasteiger partial charge in [0.25, 0.3) is 0 Å². The molecule has 2 N–H and O–H groups in total. The Morgan fingerprint density at radius 1 is 1.22 bits per heavy atom. The molecule has 3 aromatic rings. The number of benzene rings is 2. The molecule has 0 spiro atoms. The zero-order valence-corrected chi connectivity index (χ0v) is 15.7. The second kappa shape index (κ2) is 7.40. The smallest absolute Gasteiger partial charge is 0.241 e. The summed E-state index contributed by atoms with van der Waals surface area (Å²) in [6.07, 6.45) is 0.573. The molecule has 0 saturated carbocycles. The number of rotatable bonds is 5. The number of nitrogens with zero attached hydrogens (tertiary/aromatic N) is 2. The van der Waals surface area contributed by atoms with Crippen LogP contribution in [0.3, 0.4) is 0 Å². The monoisotopic (exact) mass is 364 g/mol. The van der Waals surface area contributed by atoms with Crippen LogP contribution >= 0.6 is 0 Å². The molecular weight excluding hydrogens is 340 g/mol. The quantitative estimate of drug-likeness (QED) is 0.681. The third-order valence-electron chi connectivity index (χ3n) is 4.99. The Morgan fingerprint density at radius 2 is 2.04 bits per heavy atom. The summed E-state index contributed by atoms with van der Waals surface area (Å²) in [6.45, 7) is 6.06. The fourth-order valence-corrected chi connectivity index (χ4v) is 3.73. The van der Waals surface area contributed by atoms with Crippen LogP contribution in [-0.2, 0) is 16.2 Å². The van der Waals surface area contributed by atoms with Crippen molar-refractivity contribution in [2.24, 2.45) is 5.16 Å². The number of nitrogens with one attached hydrogen (secondary N) is 2. The summed E-state index contributed by atoms with van der Waals surface area (Å²) < 4.78 is 2.30. The average molecular weight is 364 g/mol. The Kier molecular flexibility index (Phi) is 4.81. The lowest BCUT2D eigenvalue weighted by Gasteiger charge is -2.11. The molecule has 0 unspecified atom stereocenters. The molecule has 1 fully saturated rings. The Balaban J connectivity index is 1.58. The van der Waals surface area contributed by atoms with Crippen molar-refractivity contribution in [3.05, 3.63) is 42.5 Å². The van der Waals surface area contributed by atoms with Crippen LogP contribution in [0.25, 0.3) is 21.8 Å². The summed E-state index contributed by atoms with van der Waals surface area (Å²) in [7, 11) is 0. The van der Waals surface area contributed by atoms with Crippen LogP contribution in [-0.4, -0.2) is 35.4 Å². The highest BCUT2D eigenvalue weighted by Crippen LogP contribution is 2.31. The summed E-state index contributed by atoms with van der Waals surface area (Å²) in [6, 6.07) is 14.2. The van der Waals surface area contributed by atoms with Gasteiger partial charge in [0, 0.05) is 47.0 Å². The summed E-state index contributed by atoms with van der Waals surface area (Å²) in [5.74, 6) is -0.0460. The molecule has 2 aromatic carbocycles. The van der Waals surface area contributed by atoms with Crippen molar-refractivity contribution >= 4 is 39.1 Å². The van der Waals surface area contributed by atoms with Crippen LogP contribution in [0.5, 0.6) is 0 Å². The summed E-state index contributed by atoms with van der Waals surface area (Å²) >= 11 is 0. The van der Waals surface area contributed by atoms with E-state index in [2.05, 4.69) is 63.7 Å². The number of anilines is 1. The van der Waals surface area contributed by atoms with Crippen molar-refractivity contribution in [3.63, 3.8) is 0 Å². The maximum absolute atomic E-state index is 12.6. The van der Waals surface area contributed by atoms with E-state index in [1.807, 2.05) is 13.0 Å². The number of hydrogen-bond donors (Lipinski definition) is 2. The van der Waals surface area contributed by atoms with E-state index in [0.717, 1.165) is 23.3 Å². The van der Waals surface area contributed by atoms with Crippen LogP contribution in [0.2, 0.25) is 0 Å². The second-order valence-electron chi connectivity index (χ2n) is 6.70. The lowest BCUT2D eigenvalue weighted by Crippen LogP contribution is -2.35. The predicted octanol–water partition coefficient (Wildman–Crippen LogP) is 3.51. The zero-order chi connectivity index (χ0) is 18.8. The van der Waals surface area contributed by atoms with Gasteiger partial charge in [-0.1, -0.05) is 23.4 Å². The zero-order valence-electron chi connectivity index (χ0n) is 15.7. The van der Waals surface area contributed by atoms with Gasteiger partial charge in [0.05, 0.1) is 11.8 Å². The fourth-order valence-electron chi connectivity index (χ4n) is 3.73. The van der Waals surface area contributed by atoms with Gasteiger partial charge in [0.1, 0.15) is 6.61 Å². The van der Waals surface area contributed by atoms with Gasteiger partial charge in [-0.25, -0.2) is 0 Å². The molecule has 6 heteroatoms. The van der Waals surface area contributed by atoms with Crippen molar-refractivity contribution in [1.82, 2.24) is 9.88 Å². The minimum absolute atomic E-state index is 0.0460. The number of amides is 1. The highest BCUT2D eigenvalue weighted by molar-refractivity contribution is 6.10. The van der Waals surface area contributed by atoms with Gasteiger partial charge in [0.15, 0.2) is 0 Å². The Morgan fingerprint density at radius 3 is 2.85 bits per heavy atom. The van der Waals surface area contributed by atoms with Gasteiger partial charge in [-0.05, 0) is 38.1 Å². The molecule has 0 aliphatic carbocycles. The maximum Gasteiger partial charge on any atom is 0.241 e. The van der Waals surface area contributed by atoms with Gasteiger partial charge in [0.2, 0.25) is 5.91 Å². The predicted molar refractivity (Wildman–Crippen MR) is 109 cm³/mol. The minimum Gasteiger partial charge on any atom is -0.396 e. The first-order chi connectivity index (χ1) is 13.2. The normalized spacial score (nSPS) is 18.4. The van der Waals surface area contributed by atoms with Crippen LogP contribution in [0.4, 0.5) is 5.69 Å². The first-order valence-electron chi connectivity index (χ1n) is 9.44. The molecule has 2 heterocycles. The lowest BCUT2D eigenvalue weighted by atomic mass is 10.1. The van der Waals surface area contributed by atoms with Crippen molar-refractivity contribution in [1.29, 1.82) is 0 Å². The first kappa shape index (κ1) is 17.5. The van der Waals surface area contributed by atoms with Gasteiger partial charge in [-0.15, -0.1) is 0 Å². The van der Waals surface area contributed by atoms with Crippen molar-refractivity contribution < 1.29 is 9.63 Å². The van der Waals surface area contributed by atoms with Crippen molar-refractivity contribution in [2.75, 3.05) is 18.5 Å². The van der Waals surface area contributed by atoms with E-state index in [1.165, 1.54) is 16.4 Å². The van der Waals surface area contributed by atoms with Gasteiger partial charge in [-0.2, -0.15) is 0 Å². The molecule has 0 bridgehead atoms. The molecule has 140 valence electrons.